The molecule has 1 saturated carbocycles. The average Bonchev–Trinajstić information content (AvgIpc) is 2.80. The molecule has 15 heavy (non-hydrogen) atoms. The van der Waals surface area contributed by atoms with Crippen molar-refractivity contribution >= 4 is 29.0 Å². The highest BCUT2D eigenvalue weighted by atomic mass is 35.5. The van der Waals surface area contributed by atoms with Crippen LogP contribution in [-0.2, 0) is 0 Å². The van der Waals surface area contributed by atoms with Gasteiger partial charge in [-0.05, 0) is 30.4 Å². The standard InChI is InChI=1S/C12H16ClNS/c13-9-11(8-12-14-6-7-15-12)10-4-2-1-3-5-10/h6-8,10H,1-5,9H2/b11-8-. The summed E-state index contributed by atoms with van der Waals surface area (Å²) in [6.45, 7) is 0. The van der Waals surface area contributed by atoms with Crippen LogP contribution in [0.25, 0.3) is 6.08 Å². The van der Waals surface area contributed by atoms with Crippen LogP contribution in [0.2, 0.25) is 0 Å². The van der Waals surface area contributed by atoms with Crippen LogP contribution in [0.1, 0.15) is 37.1 Å². The summed E-state index contributed by atoms with van der Waals surface area (Å²) >= 11 is 7.71. The van der Waals surface area contributed by atoms with Gasteiger partial charge in [0.05, 0.1) is 0 Å². The third-order valence-corrected chi connectivity index (χ3v) is 4.08. The van der Waals surface area contributed by atoms with Crippen LogP contribution < -0.4 is 0 Å². The van der Waals surface area contributed by atoms with Crippen molar-refractivity contribution in [1.82, 2.24) is 4.98 Å². The Kier molecular flexibility index (Phi) is 4.21. The molecule has 1 heterocycles. The normalized spacial score (nSPS) is 19.4. The monoisotopic (exact) mass is 241 g/mol. The maximum atomic E-state index is 6.03. The number of nitrogens with zero attached hydrogens (tertiary/aromatic N) is 1. The Labute approximate surface area is 100 Å². The van der Waals surface area contributed by atoms with Gasteiger partial charge in [-0.2, -0.15) is 0 Å². The number of rotatable bonds is 3. The van der Waals surface area contributed by atoms with E-state index in [2.05, 4.69) is 11.1 Å². The minimum Gasteiger partial charge on any atom is -0.245 e. The van der Waals surface area contributed by atoms with Gasteiger partial charge in [0.1, 0.15) is 5.01 Å². The predicted octanol–water partition coefficient (Wildman–Crippen LogP) is 4.35. The fraction of sp³-hybridized carbons (Fsp3) is 0.583. The highest BCUT2D eigenvalue weighted by Gasteiger charge is 2.17. The van der Waals surface area contributed by atoms with E-state index in [-0.39, 0.29) is 0 Å². The Bertz CT molecular complexity index is 312. The molecule has 1 aromatic heterocycles. The molecule has 0 amide bonds. The van der Waals surface area contributed by atoms with E-state index < -0.39 is 0 Å². The van der Waals surface area contributed by atoms with Crippen molar-refractivity contribution in [1.29, 1.82) is 0 Å². The molecule has 1 aliphatic rings. The van der Waals surface area contributed by atoms with E-state index in [1.807, 2.05) is 11.6 Å². The summed E-state index contributed by atoms with van der Waals surface area (Å²) in [5, 5.41) is 3.11. The van der Waals surface area contributed by atoms with Gasteiger partial charge in [0, 0.05) is 17.5 Å². The zero-order valence-electron chi connectivity index (χ0n) is 8.79. The molecule has 0 aromatic carbocycles. The maximum absolute atomic E-state index is 6.03. The van der Waals surface area contributed by atoms with Crippen molar-refractivity contribution in [3.63, 3.8) is 0 Å². The van der Waals surface area contributed by atoms with Gasteiger partial charge in [-0.25, -0.2) is 4.98 Å². The van der Waals surface area contributed by atoms with Crippen LogP contribution in [0.4, 0.5) is 0 Å². The molecular formula is C12H16ClNS. The lowest BCUT2D eigenvalue weighted by molar-refractivity contribution is 0.405. The van der Waals surface area contributed by atoms with E-state index in [4.69, 9.17) is 11.6 Å². The lowest BCUT2D eigenvalue weighted by atomic mass is 9.84. The van der Waals surface area contributed by atoms with E-state index in [0.717, 1.165) is 5.01 Å². The summed E-state index contributed by atoms with van der Waals surface area (Å²) in [6, 6.07) is 0. The van der Waals surface area contributed by atoms with E-state index in [0.29, 0.717) is 11.8 Å². The van der Waals surface area contributed by atoms with Crippen molar-refractivity contribution in [2.45, 2.75) is 32.1 Å². The summed E-state index contributed by atoms with van der Waals surface area (Å²) in [7, 11) is 0. The second-order valence-electron chi connectivity index (χ2n) is 4.06. The molecule has 0 N–H and O–H groups in total. The number of allylic oxidation sites excluding steroid dienone is 1. The first-order valence-electron chi connectivity index (χ1n) is 5.56. The fourth-order valence-corrected chi connectivity index (χ4v) is 3.10. The summed E-state index contributed by atoms with van der Waals surface area (Å²) in [4.78, 5) is 4.28. The fourth-order valence-electron chi connectivity index (χ4n) is 2.20. The Morgan fingerprint density at radius 3 is 2.87 bits per heavy atom. The summed E-state index contributed by atoms with van der Waals surface area (Å²) in [5.74, 6) is 1.37. The van der Waals surface area contributed by atoms with Crippen molar-refractivity contribution in [2.75, 3.05) is 5.88 Å². The molecule has 1 aromatic rings. The van der Waals surface area contributed by atoms with Crippen LogP contribution in [-0.4, -0.2) is 10.9 Å². The Hall–Kier alpha value is -0.340. The van der Waals surface area contributed by atoms with Crippen LogP contribution in [0.15, 0.2) is 17.2 Å². The lowest BCUT2D eigenvalue weighted by Gasteiger charge is -2.23. The van der Waals surface area contributed by atoms with Crippen molar-refractivity contribution in [3.05, 3.63) is 22.2 Å². The van der Waals surface area contributed by atoms with Crippen LogP contribution in [0.3, 0.4) is 0 Å². The number of aromatic nitrogens is 1. The molecule has 0 saturated heterocycles. The van der Waals surface area contributed by atoms with Gasteiger partial charge in [-0.3, -0.25) is 0 Å². The second kappa shape index (κ2) is 5.66. The van der Waals surface area contributed by atoms with Crippen molar-refractivity contribution in [3.8, 4) is 0 Å². The van der Waals surface area contributed by atoms with Gasteiger partial charge in [0.2, 0.25) is 0 Å². The highest BCUT2D eigenvalue weighted by molar-refractivity contribution is 7.10. The number of thiazole rings is 1. The highest BCUT2D eigenvalue weighted by Crippen LogP contribution is 2.31. The first kappa shape index (κ1) is 11.2. The second-order valence-corrected chi connectivity index (χ2v) is 5.25. The lowest BCUT2D eigenvalue weighted by Crippen LogP contribution is -2.10. The van der Waals surface area contributed by atoms with Gasteiger partial charge in [0.15, 0.2) is 0 Å². The quantitative estimate of drug-likeness (QED) is 0.718. The first-order valence-corrected chi connectivity index (χ1v) is 6.97. The Morgan fingerprint density at radius 1 is 1.47 bits per heavy atom. The zero-order valence-corrected chi connectivity index (χ0v) is 10.4. The maximum Gasteiger partial charge on any atom is 0.115 e. The molecule has 1 fully saturated rings. The van der Waals surface area contributed by atoms with E-state index >= 15 is 0 Å². The van der Waals surface area contributed by atoms with Gasteiger partial charge < -0.3 is 0 Å². The summed E-state index contributed by atoms with van der Waals surface area (Å²) in [6.07, 6.45) is 10.8. The molecular weight excluding hydrogens is 226 g/mol. The molecule has 0 atom stereocenters. The van der Waals surface area contributed by atoms with E-state index in [1.165, 1.54) is 37.7 Å². The third-order valence-electron chi connectivity index (χ3n) is 3.04. The molecule has 0 radical (unpaired) electrons. The molecule has 0 spiro atoms. The smallest absolute Gasteiger partial charge is 0.115 e. The van der Waals surface area contributed by atoms with Gasteiger partial charge in [-0.1, -0.05) is 19.3 Å². The number of halogens is 1. The first-order chi connectivity index (χ1) is 7.40. The molecule has 1 nitrogen and oxygen atoms in total. The molecule has 82 valence electrons. The summed E-state index contributed by atoms with van der Waals surface area (Å²) in [5.41, 5.74) is 1.38. The van der Waals surface area contributed by atoms with Crippen molar-refractivity contribution < 1.29 is 0 Å². The Morgan fingerprint density at radius 2 is 2.27 bits per heavy atom. The van der Waals surface area contributed by atoms with Gasteiger partial charge in [0.25, 0.3) is 0 Å². The van der Waals surface area contributed by atoms with Crippen LogP contribution in [0, 0.1) is 5.92 Å². The number of alkyl halides is 1. The van der Waals surface area contributed by atoms with Gasteiger partial charge in [-0.15, -0.1) is 22.9 Å². The largest absolute Gasteiger partial charge is 0.245 e. The third kappa shape index (κ3) is 3.05. The zero-order chi connectivity index (χ0) is 10.5. The SMILES string of the molecule is ClC/C(=C/c1nccs1)C1CCCCC1. The molecule has 1 aliphatic carbocycles. The van der Waals surface area contributed by atoms with Crippen LogP contribution in [0.5, 0.6) is 0 Å². The summed E-state index contributed by atoms with van der Waals surface area (Å²) < 4.78 is 0. The molecule has 2 rings (SSSR count). The Balaban J connectivity index is 2.08. The van der Waals surface area contributed by atoms with Crippen LogP contribution >= 0.6 is 22.9 Å². The minimum absolute atomic E-state index is 0.657. The van der Waals surface area contributed by atoms with E-state index in [1.54, 1.807) is 11.3 Å². The molecule has 0 bridgehead atoms. The molecule has 3 heteroatoms. The predicted molar refractivity (Wildman–Crippen MR) is 67.4 cm³/mol. The topological polar surface area (TPSA) is 12.9 Å². The number of hydrogen-bond donors (Lipinski definition) is 0. The molecule has 0 unspecified atom stereocenters. The van der Waals surface area contributed by atoms with Crippen molar-refractivity contribution in [2.24, 2.45) is 5.92 Å². The van der Waals surface area contributed by atoms with E-state index in [9.17, 15) is 0 Å². The minimum atomic E-state index is 0.657. The number of hydrogen-bond acceptors (Lipinski definition) is 2. The van der Waals surface area contributed by atoms with Gasteiger partial charge >= 0.3 is 0 Å². The molecule has 0 aliphatic heterocycles. The average molecular weight is 242 g/mol.